The smallest absolute Gasteiger partial charge is 0.410 e. The second-order valence-corrected chi connectivity index (χ2v) is 8.61. The SMILES string of the molecule is Cc1nc(C)c(C(=O)NCc2ccnc(C(F)(F)F)n2)c(C2CCN(C(=O)Oc3ccccc3)CC2)n1. The van der Waals surface area contributed by atoms with Crippen LogP contribution in [-0.2, 0) is 12.7 Å². The average Bonchev–Trinajstić information content (AvgIpc) is 2.87. The molecule has 1 aliphatic rings. The molecule has 0 radical (unpaired) electrons. The first-order valence-electron chi connectivity index (χ1n) is 11.7. The highest BCUT2D eigenvalue weighted by Gasteiger charge is 2.35. The Balaban J connectivity index is 1.45. The van der Waals surface area contributed by atoms with E-state index in [0.717, 1.165) is 6.20 Å². The van der Waals surface area contributed by atoms with E-state index in [4.69, 9.17) is 4.74 Å². The van der Waals surface area contributed by atoms with Gasteiger partial charge in [-0.05, 0) is 44.9 Å². The third-order valence-electron chi connectivity index (χ3n) is 5.94. The summed E-state index contributed by atoms with van der Waals surface area (Å²) in [5.74, 6) is -0.932. The molecule has 4 rings (SSSR count). The molecule has 2 aromatic heterocycles. The molecule has 0 bridgehead atoms. The number of halogens is 3. The molecule has 1 aromatic carbocycles. The number of ether oxygens (including phenoxy) is 1. The minimum absolute atomic E-state index is 0.0214. The summed E-state index contributed by atoms with van der Waals surface area (Å²) >= 11 is 0. The summed E-state index contributed by atoms with van der Waals surface area (Å²) in [7, 11) is 0. The summed E-state index contributed by atoms with van der Waals surface area (Å²) in [5.41, 5.74) is 1.32. The predicted molar refractivity (Wildman–Crippen MR) is 126 cm³/mol. The summed E-state index contributed by atoms with van der Waals surface area (Å²) in [6.45, 7) is 4.03. The molecule has 1 aliphatic heterocycles. The Bertz CT molecular complexity index is 1280. The van der Waals surface area contributed by atoms with Crippen LogP contribution in [0.4, 0.5) is 18.0 Å². The van der Waals surface area contributed by atoms with E-state index >= 15 is 0 Å². The molecule has 194 valence electrons. The van der Waals surface area contributed by atoms with Crippen LogP contribution in [0.3, 0.4) is 0 Å². The van der Waals surface area contributed by atoms with Crippen molar-refractivity contribution in [1.82, 2.24) is 30.2 Å². The second-order valence-electron chi connectivity index (χ2n) is 8.61. The van der Waals surface area contributed by atoms with Gasteiger partial charge in [-0.3, -0.25) is 4.79 Å². The van der Waals surface area contributed by atoms with Crippen LogP contribution in [0.25, 0.3) is 0 Å². The molecule has 12 heteroatoms. The summed E-state index contributed by atoms with van der Waals surface area (Å²) in [5, 5.41) is 2.63. The number of carbonyl (C=O) groups is 2. The molecular formula is C25H25F3N6O3. The van der Waals surface area contributed by atoms with Crippen molar-refractivity contribution in [1.29, 1.82) is 0 Å². The topological polar surface area (TPSA) is 110 Å². The molecular weight excluding hydrogens is 489 g/mol. The number of piperidine rings is 1. The van der Waals surface area contributed by atoms with Crippen molar-refractivity contribution in [2.75, 3.05) is 13.1 Å². The fourth-order valence-electron chi connectivity index (χ4n) is 4.19. The molecule has 0 aliphatic carbocycles. The molecule has 2 amide bonds. The highest BCUT2D eigenvalue weighted by molar-refractivity contribution is 5.96. The summed E-state index contributed by atoms with van der Waals surface area (Å²) in [6, 6.07) is 10.1. The monoisotopic (exact) mass is 514 g/mol. The van der Waals surface area contributed by atoms with Crippen molar-refractivity contribution in [3.05, 3.63) is 76.9 Å². The van der Waals surface area contributed by atoms with E-state index in [1.807, 2.05) is 6.07 Å². The largest absolute Gasteiger partial charge is 0.451 e. The van der Waals surface area contributed by atoms with E-state index in [-0.39, 0.29) is 23.7 Å². The number of alkyl halides is 3. The molecule has 3 aromatic rings. The van der Waals surface area contributed by atoms with E-state index in [9.17, 15) is 22.8 Å². The number of carbonyl (C=O) groups excluding carboxylic acids is 2. The van der Waals surface area contributed by atoms with E-state index in [2.05, 4.69) is 25.3 Å². The van der Waals surface area contributed by atoms with Gasteiger partial charge in [-0.1, -0.05) is 18.2 Å². The zero-order valence-corrected chi connectivity index (χ0v) is 20.2. The molecule has 9 nitrogen and oxygen atoms in total. The van der Waals surface area contributed by atoms with E-state index in [0.29, 0.717) is 48.9 Å². The number of hydrogen-bond acceptors (Lipinski definition) is 7. The maximum atomic E-state index is 13.1. The summed E-state index contributed by atoms with van der Waals surface area (Å²) < 4.78 is 44.1. The van der Waals surface area contributed by atoms with Crippen LogP contribution >= 0.6 is 0 Å². The van der Waals surface area contributed by atoms with Gasteiger partial charge in [-0.25, -0.2) is 24.7 Å². The summed E-state index contributed by atoms with van der Waals surface area (Å²) in [4.78, 5) is 42.8. The van der Waals surface area contributed by atoms with Gasteiger partial charge in [0.15, 0.2) is 0 Å². The van der Waals surface area contributed by atoms with E-state index < -0.39 is 24.0 Å². The fourth-order valence-corrected chi connectivity index (χ4v) is 4.19. The van der Waals surface area contributed by atoms with Gasteiger partial charge in [0, 0.05) is 25.2 Å². The fraction of sp³-hybridized carbons (Fsp3) is 0.360. The quantitative estimate of drug-likeness (QED) is 0.543. The average molecular weight is 515 g/mol. The lowest BCUT2D eigenvalue weighted by Crippen LogP contribution is -2.40. The van der Waals surface area contributed by atoms with Gasteiger partial charge >= 0.3 is 12.3 Å². The molecule has 0 unspecified atom stereocenters. The van der Waals surface area contributed by atoms with Crippen molar-refractivity contribution in [2.24, 2.45) is 0 Å². The van der Waals surface area contributed by atoms with Crippen molar-refractivity contribution in [3.63, 3.8) is 0 Å². The highest BCUT2D eigenvalue weighted by Crippen LogP contribution is 2.31. The number of aryl methyl sites for hydroxylation is 2. The van der Waals surface area contributed by atoms with Crippen LogP contribution in [0, 0.1) is 13.8 Å². The van der Waals surface area contributed by atoms with E-state index in [1.165, 1.54) is 6.07 Å². The number of rotatable bonds is 5. The maximum Gasteiger partial charge on any atom is 0.451 e. The number of aromatic nitrogens is 4. The molecule has 0 atom stereocenters. The maximum absolute atomic E-state index is 13.1. The number of nitrogens with one attached hydrogen (secondary N) is 1. The van der Waals surface area contributed by atoms with Gasteiger partial charge in [-0.15, -0.1) is 0 Å². The molecule has 3 heterocycles. The highest BCUT2D eigenvalue weighted by atomic mass is 19.4. The number of amides is 2. The predicted octanol–water partition coefficient (Wildman–Crippen LogP) is 4.21. The first-order chi connectivity index (χ1) is 17.6. The number of hydrogen-bond donors (Lipinski definition) is 1. The molecule has 1 fully saturated rings. The lowest BCUT2D eigenvalue weighted by Gasteiger charge is -2.31. The molecule has 1 N–H and O–H groups in total. The number of benzene rings is 1. The normalized spacial score (nSPS) is 14.4. The lowest BCUT2D eigenvalue weighted by atomic mass is 9.89. The van der Waals surface area contributed by atoms with Gasteiger partial charge in [0.05, 0.1) is 29.2 Å². The Morgan fingerprint density at radius 2 is 1.76 bits per heavy atom. The lowest BCUT2D eigenvalue weighted by molar-refractivity contribution is -0.145. The van der Waals surface area contributed by atoms with Crippen LogP contribution in [-0.4, -0.2) is 49.9 Å². The molecule has 0 spiro atoms. The Morgan fingerprint density at radius 3 is 2.43 bits per heavy atom. The molecule has 0 saturated carbocycles. The van der Waals surface area contributed by atoms with Crippen molar-refractivity contribution < 1.29 is 27.5 Å². The third-order valence-corrected chi connectivity index (χ3v) is 5.94. The molecule has 1 saturated heterocycles. The van der Waals surface area contributed by atoms with Gasteiger partial charge in [0.1, 0.15) is 11.6 Å². The number of para-hydroxylation sites is 1. The number of likely N-dealkylation sites (tertiary alicyclic amines) is 1. The zero-order valence-electron chi connectivity index (χ0n) is 20.2. The van der Waals surface area contributed by atoms with Crippen LogP contribution < -0.4 is 10.1 Å². The van der Waals surface area contributed by atoms with Crippen LogP contribution in [0.1, 0.15) is 57.8 Å². The minimum Gasteiger partial charge on any atom is -0.410 e. The Morgan fingerprint density at radius 1 is 1.05 bits per heavy atom. The standard InChI is InChI=1S/C25H25F3N6O3/c1-15-20(22(35)30-14-18-8-11-29-23(33-18)25(26,27)28)21(32-16(2)31-15)17-9-12-34(13-10-17)24(36)37-19-6-4-3-5-7-19/h3-8,11,17H,9-10,12-14H2,1-2H3,(H,30,35). The Kier molecular flexibility index (Phi) is 7.65. The van der Waals surface area contributed by atoms with Gasteiger partial charge < -0.3 is 15.0 Å². The summed E-state index contributed by atoms with van der Waals surface area (Å²) in [6.07, 6.45) is -3.01. The number of nitrogens with zero attached hydrogens (tertiary/aromatic N) is 5. The van der Waals surface area contributed by atoms with Gasteiger partial charge in [-0.2, -0.15) is 13.2 Å². The van der Waals surface area contributed by atoms with Crippen molar-refractivity contribution in [2.45, 2.75) is 45.3 Å². The van der Waals surface area contributed by atoms with Crippen LogP contribution in [0.2, 0.25) is 0 Å². The molecule has 37 heavy (non-hydrogen) atoms. The Hall–Kier alpha value is -4.09. The van der Waals surface area contributed by atoms with E-state index in [1.54, 1.807) is 43.0 Å². The minimum atomic E-state index is -4.68. The third kappa shape index (κ3) is 6.38. The van der Waals surface area contributed by atoms with Crippen LogP contribution in [0.15, 0.2) is 42.6 Å². The first kappa shape index (κ1) is 26.0. The Labute approximate surface area is 211 Å². The first-order valence-corrected chi connectivity index (χ1v) is 11.7. The zero-order chi connectivity index (χ0) is 26.6. The van der Waals surface area contributed by atoms with Gasteiger partial charge in [0.2, 0.25) is 5.82 Å². The van der Waals surface area contributed by atoms with Gasteiger partial charge in [0.25, 0.3) is 5.91 Å². The second kappa shape index (κ2) is 10.9. The van der Waals surface area contributed by atoms with Crippen LogP contribution in [0.5, 0.6) is 5.75 Å². The van der Waals surface area contributed by atoms with Crippen molar-refractivity contribution in [3.8, 4) is 5.75 Å². The van der Waals surface area contributed by atoms with Crippen molar-refractivity contribution >= 4 is 12.0 Å².